The summed E-state index contributed by atoms with van der Waals surface area (Å²) in [4.78, 5) is 12.4. The Bertz CT molecular complexity index is 693. The van der Waals surface area contributed by atoms with E-state index in [2.05, 4.69) is 64.2 Å². The summed E-state index contributed by atoms with van der Waals surface area (Å²) in [6.45, 7) is 13.8. The number of ether oxygens (including phenoxy) is 2. The van der Waals surface area contributed by atoms with Crippen LogP contribution in [0.25, 0.3) is 0 Å². The average Bonchev–Trinajstić information content (AvgIpc) is 3.37. The predicted molar refractivity (Wildman–Crippen MR) is 141 cm³/mol. The summed E-state index contributed by atoms with van der Waals surface area (Å²) in [6, 6.07) is 11.2. The number of guanidine groups is 1. The lowest BCUT2D eigenvalue weighted by Gasteiger charge is -2.39. The molecule has 1 aromatic carbocycles. The molecule has 7 nitrogen and oxygen atoms in total. The van der Waals surface area contributed by atoms with Crippen LogP contribution in [0.1, 0.15) is 26.7 Å². The number of hydrogen-bond acceptors (Lipinski definition) is 5. The third-order valence-electron chi connectivity index (χ3n) is 6.67. The lowest BCUT2D eigenvalue weighted by Crippen LogP contribution is -2.54. The highest BCUT2D eigenvalue weighted by Gasteiger charge is 2.32. The van der Waals surface area contributed by atoms with E-state index in [-0.39, 0.29) is 36.2 Å². The number of hydrogen-bond donors (Lipinski definition) is 1. The molecule has 0 amide bonds. The molecule has 8 heteroatoms. The van der Waals surface area contributed by atoms with Gasteiger partial charge in [0, 0.05) is 64.1 Å². The number of benzene rings is 1. The van der Waals surface area contributed by atoms with Gasteiger partial charge in [0.15, 0.2) is 5.96 Å². The van der Waals surface area contributed by atoms with E-state index < -0.39 is 0 Å². The maximum absolute atomic E-state index is 6.03. The van der Waals surface area contributed by atoms with E-state index in [1.165, 1.54) is 5.69 Å². The minimum atomic E-state index is 0. The van der Waals surface area contributed by atoms with Crippen LogP contribution < -0.4 is 10.2 Å². The molecule has 0 spiro atoms. The van der Waals surface area contributed by atoms with Crippen molar-refractivity contribution in [3.8, 4) is 0 Å². The Labute approximate surface area is 210 Å². The minimum absolute atomic E-state index is 0. The lowest BCUT2D eigenvalue weighted by molar-refractivity contribution is -0.0817. The number of rotatable bonds is 6. The molecule has 4 rings (SSSR count). The molecule has 3 aliphatic rings. The second-order valence-electron chi connectivity index (χ2n) is 8.81. The van der Waals surface area contributed by atoms with Gasteiger partial charge in [0.1, 0.15) is 6.10 Å². The molecule has 1 N–H and O–H groups in total. The molecule has 180 valence electrons. The Morgan fingerprint density at radius 2 is 1.81 bits per heavy atom. The van der Waals surface area contributed by atoms with Gasteiger partial charge in [0.2, 0.25) is 0 Å². The number of halogens is 1. The maximum Gasteiger partial charge on any atom is 0.194 e. The molecule has 1 aromatic rings. The molecule has 32 heavy (non-hydrogen) atoms. The van der Waals surface area contributed by atoms with Crippen molar-refractivity contribution in [3.63, 3.8) is 0 Å². The first-order valence-electron chi connectivity index (χ1n) is 12.0. The highest BCUT2D eigenvalue weighted by atomic mass is 127. The fourth-order valence-corrected chi connectivity index (χ4v) is 4.81. The van der Waals surface area contributed by atoms with E-state index in [1.807, 2.05) is 0 Å². The van der Waals surface area contributed by atoms with Gasteiger partial charge in [-0.25, -0.2) is 0 Å². The summed E-state index contributed by atoms with van der Waals surface area (Å²) in [5.74, 6) is 1.02. The summed E-state index contributed by atoms with van der Waals surface area (Å²) < 4.78 is 11.9. The molecule has 3 heterocycles. The summed E-state index contributed by atoms with van der Waals surface area (Å²) in [7, 11) is 0. The first kappa shape index (κ1) is 25.5. The van der Waals surface area contributed by atoms with Crippen molar-refractivity contribution in [2.45, 2.75) is 44.9 Å². The van der Waals surface area contributed by atoms with Crippen LogP contribution in [0, 0.1) is 0 Å². The van der Waals surface area contributed by atoms with Gasteiger partial charge in [0.05, 0.1) is 19.3 Å². The monoisotopic (exact) mass is 557 g/mol. The first-order chi connectivity index (χ1) is 15.2. The number of morpholine rings is 1. The largest absolute Gasteiger partial charge is 0.375 e. The van der Waals surface area contributed by atoms with Crippen molar-refractivity contribution >= 4 is 35.6 Å². The summed E-state index contributed by atoms with van der Waals surface area (Å²) in [6.07, 6.45) is 2.65. The van der Waals surface area contributed by atoms with Gasteiger partial charge in [-0.1, -0.05) is 18.2 Å². The van der Waals surface area contributed by atoms with Gasteiger partial charge in [-0.3, -0.25) is 9.89 Å². The Morgan fingerprint density at radius 1 is 1.06 bits per heavy atom. The Kier molecular flexibility index (Phi) is 10.3. The standard InChI is InChI=1S/C24H39N5O2.HI/c1-3-25-24(29-15-17-31-23(19-29)22-10-7-16-30-22)26-18-20(2)27-11-13-28(14-12-27)21-8-5-4-6-9-21;/h4-6,8-9,20,22-23H,3,7,10-19H2,1-2H3,(H,25,26);1H. The van der Waals surface area contributed by atoms with Gasteiger partial charge in [-0.05, 0) is 38.8 Å². The molecule has 3 aliphatic heterocycles. The van der Waals surface area contributed by atoms with Crippen molar-refractivity contribution in [1.82, 2.24) is 15.1 Å². The van der Waals surface area contributed by atoms with Gasteiger partial charge < -0.3 is 24.6 Å². The molecule has 3 saturated heterocycles. The zero-order valence-electron chi connectivity index (χ0n) is 19.6. The molecular weight excluding hydrogens is 517 g/mol. The Balaban J connectivity index is 0.00000289. The number of para-hydroxylation sites is 1. The zero-order valence-corrected chi connectivity index (χ0v) is 21.9. The smallest absolute Gasteiger partial charge is 0.194 e. The molecule has 0 aromatic heterocycles. The maximum atomic E-state index is 6.03. The van der Waals surface area contributed by atoms with Crippen LogP contribution in [0.2, 0.25) is 0 Å². The number of piperazine rings is 1. The quantitative estimate of drug-likeness (QED) is 0.330. The van der Waals surface area contributed by atoms with E-state index >= 15 is 0 Å². The topological polar surface area (TPSA) is 52.6 Å². The van der Waals surface area contributed by atoms with Gasteiger partial charge in [-0.2, -0.15) is 0 Å². The third kappa shape index (κ3) is 6.71. The number of aliphatic imine (C=N–C) groups is 1. The van der Waals surface area contributed by atoms with E-state index in [0.717, 1.165) is 84.4 Å². The molecule has 3 atom stereocenters. The number of nitrogens with zero attached hydrogens (tertiary/aromatic N) is 4. The molecule has 0 saturated carbocycles. The molecule has 0 aliphatic carbocycles. The van der Waals surface area contributed by atoms with Crippen LogP contribution in [0.4, 0.5) is 5.69 Å². The number of nitrogens with one attached hydrogen (secondary N) is 1. The fourth-order valence-electron chi connectivity index (χ4n) is 4.81. The van der Waals surface area contributed by atoms with E-state index in [1.54, 1.807) is 0 Å². The minimum Gasteiger partial charge on any atom is -0.375 e. The van der Waals surface area contributed by atoms with E-state index in [4.69, 9.17) is 14.5 Å². The van der Waals surface area contributed by atoms with Gasteiger partial charge in [-0.15, -0.1) is 24.0 Å². The van der Waals surface area contributed by atoms with Crippen molar-refractivity contribution in [2.24, 2.45) is 4.99 Å². The first-order valence-corrected chi connectivity index (χ1v) is 12.0. The predicted octanol–water partition coefficient (Wildman–Crippen LogP) is 2.66. The van der Waals surface area contributed by atoms with Crippen LogP contribution in [0.5, 0.6) is 0 Å². The van der Waals surface area contributed by atoms with E-state index in [0.29, 0.717) is 6.04 Å². The second kappa shape index (κ2) is 13.0. The van der Waals surface area contributed by atoms with Crippen LogP contribution in [-0.2, 0) is 9.47 Å². The van der Waals surface area contributed by atoms with Gasteiger partial charge in [0.25, 0.3) is 0 Å². The second-order valence-corrected chi connectivity index (χ2v) is 8.81. The normalized spacial score (nSPS) is 26.0. The van der Waals surface area contributed by atoms with Crippen molar-refractivity contribution in [1.29, 1.82) is 0 Å². The lowest BCUT2D eigenvalue weighted by atomic mass is 10.1. The van der Waals surface area contributed by atoms with Crippen LogP contribution >= 0.6 is 24.0 Å². The van der Waals surface area contributed by atoms with Crippen LogP contribution in [-0.4, -0.2) is 99.6 Å². The molecule has 0 radical (unpaired) electrons. The van der Waals surface area contributed by atoms with Crippen LogP contribution in [0.3, 0.4) is 0 Å². The van der Waals surface area contributed by atoms with Crippen molar-refractivity contribution < 1.29 is 9.47 Å². The fraction of sp³-hybridized carbons (Fsp3) is 0.708. The molecule has 0 bridgehead atoms. The zero-order chi connectivity index (χ0) is 21.5. The molecular formula is C24H40IN5O2. The average molecular weight is 558 g/mol. The molecule has 3 fully saturated rings. The Hall–Kier alpha value is -1.10. The SMILES string of the molecule is CCNC(=NCC(C)N1CCN(c2ccccc2)CC1)N1CCOC(C2CCCO2)C1.I. The van der Waals surface area contributed by atoms with E-state index in [9.17, 15) is 0 Å². The summed E-state index contributed by atoms with van der Waals surface area (Å²) in [5, 5.41) is 3.50. The highest BCUT2D eigenvalue weighted by molar-refractivity contribution is 14.0. The Morgan fingerprint density at radius 3 is 2.50 bits per heavy atom. The van der Waals surface area contributed by atoms with Crippen LogP contribution in [0.15, 0.2) is 35.3 Å². The third-order valence-corrected chi connectivity index (χ3v) is 6.67. The summed E-state index contributed by atoms with van der Waals surface area (Å²) >= 11 is 0. The van der Waals surface area contributed by atoms with Crippen molar-refractivity contribution in [3.05, 3.63) is 30.3 Å². The van der Waals surface area contributed by atoms with Gasteiger partial charge >= 0.3 is 0 Å². The summed E-state index contributed by atoms with van der Waals surface area (Å²) in [5.41, 5.74) is 1.33. The molecule has 3 unspecified atom stereocenters. The van der Waals surface area contributed by atoms with Crippen molar-refractivity contribution in [2.75, 3.05) is 70.5 Å². The number of anilines is 1. The highest BCUT2D eigenvalue weighted by Crippen LogP contribution is 2.21.